The molecule has 0 unspecified atom stereocenters. The summed E-state index contributed by atoms with van der Waals surface area (Å²) in [5, 5.41) is 5.02. The van der Waals surface area contributed by atoms with Crippen LogP contribution >= 0.6 is 0 Å². The van der Waals surface area contributed by atoms with Gasteiger partial charge in [-0.25, -0.2) is 4.79 Å². The molecule has 0 bridgehead atoms. The third-order valence-electron chi connectivity index (χ3n) is 4.12. The van der Waals surface area contributed by atoms with E-state index in [1.54, 1.807) is 24.3 Å². The van der Waals surface area contributed by atoms with E-state index in [1.807, 2.05) is 30.3 Å². The van der Waals surface area contributed by atoms with Gasteiger partial charge >= 0.3 is 12.2 Å². The lowest BCUT2D eigenvalue weighted by Gasteiger charge is -2.14. The number of anilines is 1. The van der Waals surface area contributed by atoms with E-state index in [0.717, 1.165) is 11.6 Å². The van der Waals surface area contributed by atoms with Crippen molar-refractivity contribution in [1.29, 1.82) is 0 Å². The Bertz CT molecular complexity index is 942. The molecule has 0 radical (unpaired) electrons. The Morgan fingerprint density at radius 3 is 2.21 bits per heavy atom. The second-order valence-corrected chi connectivity index (χ2v) is 6.26. The number of carbonyl (C=O) groups excluding carboxylic acids is 1. The van der Waals surface area contributed by atoms with Crippen LogP contribution in [0.4, 0.5) is 23.7 Å². The number of alkyl halides is 3. The fourth-order valence-electron chi connectivity index (χ4n) is 2.68. The number of nitrogens with one attached hydrogen (secondary N) is 2. The van der Waals surface area contributed by atoms with Gasteiger partial charge in [0.1, 0.15) is 12.4 Å². The second-order valence-electron chi connectivity index (χ2n) is 6.26. The van der Waals surface area contributed by atoms with Crippen molar-refractivity contribution in [3.8, 4) is 5.75 Å². The smallest absolute Gasteiger partial charge is 0.416 e. The summed E-state index contributed by atoms with van der Waals surface area (Å²) in [6.45, 7) is 0.187. The van der Waals surface area contributed by atoms with E-state index in [4.69, 9.17) is 4.74 Å². The predicted octanol–water partition coefficient (Wildman–Crippen LogP) is 5.61. The minimum absolute atomic E-state index is 0.000176. The van der Waals surface area contributed by atoms with Gasteiger partial charge in [-0.2, -0.15) is 13.2 Å². The SMILES string of the molecule is O=C(NCc1ccccc1C(F)(F)F)Nc1ccc(OCc2ccccc2)cc1. The summed E-state index contributed by atoms with van der Waals surface area (Å²) in [4.78, 5) is 12.0. The number of carbonyl (C=O) groups is 1. The largest absolute Gasteiger partial charge is 0.489 e. The van der Waals surface area contributed by atoms with Crippen LogP contribution in [0.2, 0.25) is 0 Å². The summed E-state index contributed by atoms with van der Waals surface area (Å²) < 4.78 is 44.6. The van der Waals surface area contributed by atoms with Crippen molar-refractivity contribution in [2.45, 2.75) is 19.3 Å². The fourth-order valence-corrected chi connectivity index (χ4v) is 2.68. The molecule has 0 aliphatic rings. The third kappa shape index (κ3) is 6.00. The molecule has 3 aromatic carbocycles. The van der Waals surface area contributed by atoms with Crippen molar-refractivity contribution in [3.63, 3.8) is 0 Å². The molecule has 2 amide bonds. The maximum atomic E-state index is 13.0. The van der Waals surface area contributed by atoms with Gasteiger partial charge in [-0.15, -0.1) is 0 Å². The van der Waals surface area contributed by atoms with Gasteiger partial charge in [-0.1, -0.05) is 48.5 Å². The minimum atomic E-state index is -4.47. The molecule has 3 aromatic rings. The molecule has 0 fully saturated rings. The number of amides is 2. The van der Waals surface area contributed by atoms with E-state index in [2.05, 4.69) is 10.6 Å². The van der Waals surface area contributed by atoms with Crippen molar-refractivity contribution in [3.05, 3.63) is 95.6 Å². The molecule has 0 aliphatic heterocycles. The van der Waals surface area contributed by atoms with Crippen LogP contribution in [0.1, 0.15) is 16.7 Å². The van der Waals surface area contributed by atoms with Crippen molar-refractivity contribution in [2.24, 2.45) is 0 Å². The summed E-state index contributed by atoms with van der Waals surface area (Å²) in [5.74, 6) is 0.638. The maximum Gasteiger partial charge on any atom is 0.416 e. The summed E-state index contributed by atoms with van der Waals surface area (Å²) in [6.07, 6.45) is -4.47. The number of hydrogen-bond donors (Lipinski definition) is 2. The zero-order valence-electron chi connectivity index (χ0n) is 15.4. The van der Waals surface area contributed by atoms with Crippen LogP contribution in [0.5, 0.6) is 5.75 Å². The predicted molar refractivity (Wildman–Crippen MR) is 105 cm³/mol. The van der Waals surface area contributed by atoms with Gasteiger partial charge in [0, 0.05) is 12.2 Å². The molecule has 0 saturated heterocycles. The highest BCUT2D eigenvalue weighted by atomic mass is 19.4. The molecule has 0 spiro atoms. The van der Waals surface area contributed by atoms with E-state index in [-0.39, 0.29) is 12.1 Å². The zero-order valence-corrected chi connectivity index (χ0v) is 15.4. The highest BCUT2D eigenvalue weighted by Crippen LogP contribution is 2.31. The van der Waals surface area contributed by atoms with Gasteiger partial charge in [-0.3, -0.25) is 0 Å². The molecule has 150 valence electrons. The Morgan fingerprint density at radius 2 is 1.52 bits per heavy atom. The van der Waals surface area contributed by atoms with Crippen LogP contribution in [-0.4, -0.2) is 6.03 Å². The van der Waals surface area contributed by atoms with Gasteiger partial charge in [0.2, 0.25) is 0 Å². The fraction of sp³-hybridized carbons (Fsp3) is 0.136. The van der Waals surface area contributed by atoms with E-state index in [1.165, 1.54) is 18.2 Å². The molecule has 3 rings (SSSR count). The van der Waals surface area contributed by atoms with Gasteiger partial charge in [0.05, 0.1) is 5.56 Å². The molecular weight excluding hydrogens is 381 g/mol. The summed E-state index contributed by atoms with van der Waals surface area (Å²) in [7, 11) is 0. The quantitative estimate of drug-likeness (QED) is 0.565. The number of halogens is 3. The highest BCUT2D eigenvalue weighted by Gasteiger charge is 2.32. The monoisotopic (exact) mass is 400 g/mol. The van der Waals surface area contributed by atoms with Gasteiger partial charge in [0.25, 0.3) is 0 Å². The van der Waals surface area contributed by atoms with Crippen molar-refractivity contribution in [1.82, 2.24) is 5.32 Å². The number of ether oxygens (including phenoxy) is 1. The number of hydrogen-bond acceptors (Lipinski definition) is 2. The van der Waals surface area contributed by atoms with Gasteiger partial charge < -0.3 is 15.4 Å². The molecular formula is C22H19F3N2O2. The van der Waals surface area contributed by atoms with Crippen LogP contribution in [0.3, 0.4) is 0 Å². The van der Waals surface area contributed by atoms with E-state index in [0.29, 0.717) is 18.0 Å². The average Bonchev–Trinajstić information content (AvgIpc) is 2.72. The third-order valence-corrected chi connectivity index (χ3v) is 4.12. The van der Waals surface area contributed by atoms with Crippen LogP contribution in [0.15, 0.2) is 78.9 Å². The normalized spacial score (nSPS) is 11.0. The first kappa shape index (κ1) is 20.3. The molecule has 0 heterocycles. The lowest BCUT2D eigenvalue weighted by Crippen LogP contribution is -2.29. The Kier molecular flexibility index (Phi) is 6.39. The molecule has 0 aromatic heterocycles. The molecule has 0 saturated carbocycles. The summed E-state index contributed by atoms with van der Waals surface area (Å²) in [5.41, 5.74) is 0.770. The number of rotatable bonds is 6. The van der Waals surface area contributed by atoms with Crippen molar-refractivity contribution in [2.75, 3.05) is 5.32 Å². The Morgan fingerprint density at radius 1 is 0.862 bits per heavy atom. The molecule has 29 heavy (non-hydrogen) atoms. The van der Waals surface area contributed by atoms with Gasteiger partial charge in [0.15, 0.2) is 0 Å². The minimum Gasteiger partial charge on any atom is -0.489 e. The molecule has 7 heteroatoms. The van der Waals surface area contributed by atoms with E-state index in [9.17, 15) is 18.0 Å². The highest BCUT2D eigenvalue weighted by molar-refractivity contribution is 5.89. The van der Waals surface area contributed by atoms with Gasteiger partial charge in [-0.05, 0) is 41.5 Å². The Hall–Kier alpha value is -3.48. The standard InChI is InChI=1S/C22H19F3N2O2/c23-22(24,25)20-9-5-4-8-17(20)14-26-21(28)27-18-10-12-19(13-11-18)29-15-16-6-2-1-3-7-16/h1-13H,14-15H2,(H2,26,27,28). The Labute approximate surface area is 166 Å². The van der Waals surface area contributed by atoms with Crippen molar-refractivity contribution >= 4 is 11.7 Å². The summed E-state index contributed by atoms with van der Waals surface area (Å²) in [6, 6.07) is 21.0. The molecule has 4 nitrogen and oxygen atoms in total. The van der Waals surface area contributed by atoms with Crippen LogP contribution < -0.4 is 15.4 Å². The number of benzene rings is 3. The van der Waals surface area contributed by atoms with Crippen LogP contribution in [-0.2, 0) is 19.3 Å². The van der Waals surface area contributed by atoms with E-state index >= 15 is 0 Å². The lowest BCUT2D eigenvalue weighted by atomic mass is 10.1. The topological polar surface area (TPSA) is 50.4 Å². The van der Waals surface area contributed by atoms with Crippen LogP contribution in [0, 0.1) is 0 Å². The molecule has 2 N–H and O–H groups in total. The maximum absolute atomic E-state index is 13.0. The first-order chi connectivity index (χ1) is 13.9. The number of urea groups is 1. The molecule has 0 atom stereocenters. The zero-order chi connectivity index (χ0) is 20.7. The average molecular weight is 400 g/mol. The molecule has 0 aliphatic carbocycles. The lowest BCUT2D eigenvalue weighted by molar-refractivity contribution is -0.138. The first-order valence-corrected chi connectivity index (χ1v) is 8.88. The van der Waals surface area contributed by atoms with Crippen LogP contribution in [0.25, 0.3) is 0 Å². The second kappa shape index (κ2) is 9.14. The summed E-state index contributed by atoms with van der Waals surface area (Å²) >= 11 is 0. The van der Waals surface area contributed by atoms with E-state index < -0.39 is 17.8 Å². The first-order valence-electron chi connectivity index (χ1n) is 8.88. The van der Waals surface area contributed by atoms with Crippen molar-refractivity contribution < 1.29 is 22.7 Å². The Balaban J connectivity index is 1.51.